The van der Waals surface area contributed by atoms with Crippen LogP contribution >= 0.6 is 11.3 Å². The number of benzene rings is 1. The summed E-state index contributed by atoms with van der Waals surface area (Å²) < 4.78 is 1.58. The van der Waals surface area contributed by atoms with Crippen LogP contribution in [0, 0.1) is 13.8 Å². The molecule has 0 atom stereocenters. The fourth-order valence-corrected chi connectivity index (χ4v) is 4.70. The first-order valence-corrected chi connectivity index (χ1v) is 11.6. The molecule has 172 valence electrons. The van der Waals surface area contributed by atoms with Gasteiger partial charge in [0.05, 0.1) is 5.52 Å². The van der Waals surface area contributed by atoms with Crippen molar-refractivity contribution >= 4 is 39.3 Å². The first kappa shape index (κ1) is 21.9. The third-order valence-electron chi connectivity index (χ3n) is 5.85. The molecule has 0 aliphatic heterocycles. The number of nitrogens with one attached hydrogen (secondary N) is 2. The Labute approximate surface area is 198 Å². The average molecular weight is 475 g/mol. The number of urea groups is 1. The Morgan fingerprint density at radius 1 is 1.09 bits per heavy atom. The van der Waals surface area contributed by atoms with Gasteiger partial charge in [-0.3, -0.25) is 25.2 Å². The lowest BCUT2D eigenvalue weighted by atomic mass is 9.97. The fourth-order valence-electron chi connectivity index (χ4n) is 3.80. The Kier molecular flexibility index (Phi) is 5.45. The smallest absolute Gasteiger partial charge is 0.311 e. The normalized spacial score (nSPS) is 13.1. The monoisotopic (exact) mass is 474 g/mol. The lowest BCUT2D eigenvalue weighted by Gasteiger charge is -2.12. The van der Waals surface area contributed by atoms with Crippen LogP contribution in [0.15, 0.2) is 41.3 Å². The van der Waals surface area contributed by atoms with Gasteiger partial charge in [-0.25, -0.2) is 4.79 Å². The van der Waals surface area contributed by atoms with Gasteiger partial charge in [0.25, 0.3) is 11.5 Å². The highest BCUT2D eigenvalue weighted by Gasteiger charge is 2.28. The molecular formula is C24H22N6O3S. The van der Waals surface area contributed by atoms with Gasteiger partial charge in [0.15, 0.2) is 0 Å². The van der Waals surface area contributed by atoms with Crippen LogP contribution in [0.4, 0.5) is 9.93 Å². The van der Waals surface area contributed by atoms with Crippen molar-refractivity contribution in [3.63, 3.8) is 0 Å². The highest BCUT2D eigenvalue weighted by Crippen LogP contribution is 2.42. The SMILES string of the molecule is Cc1cc2c(cn1)cc(-c1cc(C(=O)NC(=O)Nc3nnc(C4CC4)s3)ccc1C)c(=O)n2C. The lowest BCUT2D eigenvalue weighted by molar-refractivity contribution is 0.0967. The number of anilines is 1. The molecule has 5 rings (SSSR count). The van der Waals surface area contributed by atoms with Crippen molar-refractivity contribution in [1.29, 1.82) is 0 Å². The van der Waals surface area contributed by atoms with Crippen LogP contribution in [0.2, 0.25) is 0 Å². The molecule has 0 bridgehead atoms. The van der Waals surface area contributed by atoms with E-state index in [0.29, 0.717) is 22.2 Å². The summed E-state index contributed by atoms with van der Waals surface area (Å²) in [7, 11) is 1.71. The molecule has 4 aromatic rings. The number of hydrogen-bond donors (Lipinski definition) is 2. The molecule has 0 saturated heterocycles. The van der Waals surface area contributed by atoms with E-state index in [9.17, 15) is 14.4 Å². The van der Waals surface area contributed by atoms with E-state index in [0.717, 1.165) is 40.0 Å². The van der Waals surface area contributed by atoms with Crippen LogP contribution in [0.25, 0.3) is 22.0 Å². The number of aromatic nitrogens is 4. The van der Waals surface area contributed by atoms with Gasteiger partial charge in [-0.15, -0.1) is 10.2 Å². The number of aryl methyl sites for hydroxylation is 3. The van der Waals surface area contributed by atoms with Crippen LogP contribution in [-0.4, -0.2) is 31.7 Å². The average Bonchev–Trinajstić information content (AvgIpc) is 3.56. The Morgan fingerprint density at radius 2 is 1.88 bits per heavy atom. The second-order valence-electron chi connectivity index (χ2n) is 8.46. The summed E-state index contributed by atoms with van der Waals surface area (Å²) in [5, 5.41) is 15.0. The topological polar surface area (TPSA) is 119 Å². The second kappa shape index (κ2) is 8.45. The minimum Gasteiger partial charge on any atom is -0.311 e. The number of imide groups is 1. The van der Waals surface area contributed by atoms with Gasteiger partial charge < -0.3 is 4.57 Å². The maximum Gasteiger partial charge on any atom is 0.328 e. The minimum absolute atomic E-state index is 0.181. The second-order valence-corrected chi connectivity index (χ2v) is 9.47. The largest absolute Gasteiger partial charge is 0.328 e. The third-order valence-corrected chi connectivity index (χ3v) is 6.85. The van der Waals surface area contributed by atoms with Crippen LogP contribution in [0.1, 0.15) is 45.4 Å². The van der Waals surface area contributed by atoms with Crippen LogP contribution in [0.3, 0.4) is 0 Å². The predicted molar refractivity (Wildman–Crippen MR) is 130 cm³/mol. The molecule has 2 N–H and O–H groups in total. The molecule has 3 aromatic heterocycles. The summed E-state index contributed by atoms with van der Waals surface area (Å²) in [6, 6.07) is 7.96. The zero-order chi connectivity index (χ0) is 24.0. The number of fused-ring (bicyclic) bond motifs is 1. The number of nitrogens with zero attached hydrogens (tertiary/aromatic N) is 4. The summed E-state index contributed by atoms with van der Waals surface area (Å²) in [5.74, 6) is -0.146. The Balaban J connectivity index is 1.40. The van der Waals surface area contributed by atoms with E-state index < -0.39 is 11.9 Å². The van der Waals surface area contributed by atoms with Crippen molar-refractivity contribution in [2.24, 2.45) is 7.05 Å². The van der Waals surface area contributed by atoms with Crippen molar-refractivity contribution in [3.8, 4) is 11.1 Å². The van der Waals surface area contributed by atoms with E-state index in [1.807, 2.05) is 19.9 Å². The Morgan fingerprint density at radius 3 is 2.65 bits per heavy atom. The molecule has 0 spiro atoms. The summed E-state index contributed by atoms with van der Waals surface area (Å²) in [4.78, 5) is 42.5. The van der Waals surface area contributed by atoms with E-state index in [-0.39, 0.29) is 11.1 Å². The van der Waals surface area contributed by atoms with Gasteiger partial charge in [-0.05, 0) is 62.1 Å². The molecular weight excluding hydrogens is 452 g/mol. The van der Waals surface area contributed by atoms with Gasteiger partial charge in [0, 0.05) is 41.4 Å². The van der Waals surface area contributed by atoms with Crippen LogP contribution in [0.5, 0.6) is 0 Å². The number of carbonyl (C=O) groups is 2. The number of rotatable bonds is 4. The summed E-state index contributed by atoms with van der Waals surface area (Å²) >= 11 is 1.31. The number of amides is 3. The van der Waals surface area contributed by atoms with Gasteiger partial charge in [-0.2, -0.15) is 0 Å². The van der Waals surface area contributed by atoms with Crippen molar-refractivity contribution in [1.82, 2.24) is 25.1 Å². The van der Waals surface area contributed by atoms with E-state index in [1.165, 1.54) is 11.3 Å². The van der Waals surface area contributed by atoms with Crippen molar-refractivity contribution in [2.75, 3.05) is 5.32 Å². The molecule has 1 saturated carbocycles. The molecule has 34 heavy (non-hydrogen) atoms. The molecule has 0 unspecified atom stereocenters. The van der Waals surface area contributed by atoms with Gasteiger partial charge in [0.2, 0.25) is 5.13 Å². The van der Waals surface area contributed by atoms with E-state index in [2.05, 4.69) is 25.8 Å². The van der Waals surface area contributed by atoms with E-state index in [4.69, 9.17) is 0 Å². The molecule has 9 nitrogen and oxygen atoms in total. The molecule has 3 amide bonds. The molecule has 1 aromatic carbocycles. The maximum absolute atomic E-state index is 13.1. The first-order chi connectivity index (χ1) is 16.3. The maximum atomic E-state index is 13.1. The van der Waals surface area contributed by atoms with Crippen molar-refractivity contribution in [2.45, 2.75) is 32.6 Å². The first-order valence-electron chi connectivity index (χ1n) is 10.8. The number of hydrogen-bond acceptors (Lipinski definition) is 7. The predicted octanol–water partition coefficient (Wildman–Crippen LogP) is 3.91. The number of pyridine rings is 2. The summed E-state index contributed by atoms with van der Waals surface area (Å²) in [6.07, 6.45) is 3.91. The zero-order valence-corrected chi connectivity index (χ0v) is 19.7. The molecule has 1 aliphatic carbocycles. The standard InChI is InChI=1S/C24H22N6O3S/c1-12-4-5-15(20(31)26-23(33)27-24-29-28-21(34-24)14-6-7-14)9-17(12)18-10-16-11-25-13(2)8-19(16)30(3)22(18)32/h4-5,8-11,14H,6-7H2,1-3H3,(H2,26,27,29,31,33). The quantitative estimate of drug-likeness (QED) is 0.463. The Bertz CT molecular complexity index is 1520. The van der Waals surface area contributed by atoms with Gasteiger partial charge in [-0.1, -0.05) is 17.4 Å². The van der Waals surface area contributed by atoms with Gasteiger partial charge >= 0.3 is 6.03 Å². The fraction of sp³-hybridized carbons (Fsp3) is 0.250. The minimum atomic E-state index is -0.686. The van der Waals surface area contributed by atoms with Gasteiger partial charge in [0.1, 0.15) is 5.01 Å². The molecule has 1 fully saturated rings. The van der Waals surface area contributed by atoms with Crippen LogP contribution < -0.4 is 16.2 Å². The lowest BCUT2D eigenvalue weighted by Crippen LogP contribution is -2.34. The van der Waals surface area contributed by atoms with E-state index in [1.54, 1.807) is 42.1 Å². The number of carbonyl (C=O) groups excluding carboxylic acids is 2. The highest BCUT2D eigenvalue weighted by atomic mass is 32.1. The van der Waals surface area contributed by atoms with Crippen LogP contribution in [-0.2, 0) is 7.05 Å². The molecule has 10 heteroatoms. The van der Waals surface area contributed by atoms with Crippen molar-refractivity contribution < 1.29 is 9.59 Å². The third kappa shape index (κ3) is 4.19. The highest BCUT2D eigenvalue weighted by molar-refractivity contribution is 7.15. The summed E-state index contributed by atoms with van der Waals surface area (Å²) in [5.41, 5.74) is 3.59. The molecule has 0 radical (unpaired) electrons. The van der Waals surface area contributed by atoms with E-state index >= 15 is 0 Å². The summed E-state index contributed by atoms with van der Waals surface area (Å²) in [6.45, 7) is 3.74. The molecule has 1 aliphatic rings. The zero-order valence-electron chi connectivity index (χ0n) is 18.9. The van der Waals surface area contributed by atoms with Crippen molar-refractivity contribution in [3.05, 3.63) is 68.7 Å². The Hall–Kier alpha value is -3.92. The molecule has 3 heterocycles.